The van der Waals surface area contributed by atoms with E-state index in [1.54, 1.807) is 0 Å². The summed E-state index contributed by atoms with van der Waals surface area (Å²) in [6.07, 6.45) is 3.86. The molecule has 1 aliphatic heterocycles. The molecule has 0 aromatic heterocycles. The first kappa shape index (κ1) is 28.0. The quantitative estimate of drug-likeness (QED) is 0.394. The number of alkyl carbamates (subject to hydrolysis) is 1. The second kappa shape index (κ2) is 12.1. The van der Waals surface area contributed by atoms with E-state index in [4.69, 9.17) is 18.9 Å². The Hall–Kier alpha value is -2.57. The largest absolute Gasteiger partial charge is 0.493 e. The Labute approximate surface area is 216 Å². The van der Waals surface area contributed by atoms with E-state index in [0.29, 0.717) is 26.2 Å². The first-order valence-corrected chi connectivity index (χ1v) is 13.1. The molecule has 3 rings (SSSR count). The van der Waals surface area contributed by atoms with Crippen LogP contribution in [0.5, 0.6) is 5.75 Å². The molecular formula is C30H43NO5. The summed E-state index contributed by atoms with van der Waals surface area (Å²) in [7, 11) is 0. The maximum Gasteiger partial charge on any atom is 0.408 e. The third-order valence-electron chi connectivity index (χ3n) is 6.27. The minimum absolute atomic E-state index is 0.364. The highest BCUT2D eigenvalue weighted by Crippen LogP contribution is 2.29. The summed E-state index contributed by atoms with van der Waals surface area (Å²) in [5.74, 6) is 0.274. The number of benzene rings is 2. The molecule has 0 unspecified atom stereocenters. The molecule has 6 nitrogen and oxygen atoms in total. The molecule has 1 aliphatic rings. The Morgan fingerprint density at radius 2 is 1.69 bits per heavy atom. The predicted octanol–water partition coefficient (Wildman–Crippen LogP) is 6.24. The van der Waals surface area contributed by atoms with Crippen LogP contribution < -0.4 is 10.1 Å². The number of rotatable bonds is 10. The molecule has 0 spiro atoms. The lowest BCUT2D eigenvalue weighted by atomic mass is 9.91. The summed E-state index contributed by atoms with van der Waals surface area (Å²) in [6, 6.07) is 16.9. The summed E-state index contributed by atoms with van der Waals surface area (Å²) in [5.41, 5.74) is 2.49. The zero-order valence-electron chi connectivity index (χ0n) is 22.8. The van der Waals surface area contributed by atoms with Crippen LogP contribution in [0.25, 0.3) is 0 Å². The van der Waals surface area contributed by atoms with E-state index < -0.39 is 23.0 Å². The zero-order valence-corrected chi connectivity index (χ0v) is 22.8. The average Bonchev–Trinajstić information content (AvgIpc) is 2.82. The monoisotopic (exact) mass is 497 g/mol. The van der Waals surface area contributed by atoms with Gasteiger partial charge in [-0.25, -0.2) is 4.79 Å². The number of ether oxygens (including phenoxy) is 4. The number of nitrogens with one attached hydrogen (secondary N) is 1. The van der Waals surface area contributed by atoms with Crippen LogP contribution in [0.15, 0.2) is 48.5 Å². The van der Waals surface area contributed by atoms with Gasteiger partial charge in [-0.1, -0.05) is 49.4 Å². The third kappa shape index (κ3) is 8.82. The molecule has 0 bridgehead atoms. The Kier molecular flexibility index (Phi) is 9.42. The second-order valence-electron chi connectivity index (χ2n) is 11.1. The normalized spacial score (nSPS) is 16.8. The van der Waals surface area contributed by atoms with Gasteiger partial charge in [-0.3, -0.25) is 0 Å². The molecule has 0 saturated carbocycles. The standard InChI is InChI=1S/C30H43NO5/c1-7-25-20-24(15-16-26(25)33-19-11-14-23-12-9-8-10-13-23)17-18-30(21-34-29(5,6)35-22-30)31-27(32)36-28(2,3)4/h8-10,12-13,15-16,20H,7,11,14,17-19,21-22H2,1-6H3,(H,31,32). The van der Waals surface area contributed by atoms with E-state index in [-0.39, 0.29) is 0 Å². The van der Waals surface area contributed by atoms with Crippen molar-refractivity contribution in [2.24, 2.45) is 0 Å². The van der Waals surface area contributed by atoms with Crippen LogP contribution in [0.2, 0.25) is 0 Å². The van der Waals surface area contributed by atoms with Gasteiger partial charge in [0, 0.05) is 0 Å². The number of carbonyl (C=O) groups is 1. The molecule has 1 heterocycles. The van der Waals surface area contributed by atoms with Gasteiger partial charge < -0.3 is 24.3 Å². The highest BCUT2D eigenvalue weighted by molar-refractivity contribution is 5.69. The fourth-order valence-corrected chi connectivity index (χ4v) is 4.20. The maximum absolute atomic E-state index is 12.6. The van der Waals surface area contributed by atoms with Gasteiger partial charge in [0.25, 0.3) is 0 Å². The Morgan fingerprint density at radius 1 is 1.00 bits per heavy atom. The zero-order chi connectivity index (χ0) is 26.2. The van der Waals surface area contributed by atoms with Gasteiger partial charge in [0.15, 0.2) is 5.79 Å². The predicted molar refractivity (Wildman–Crippen MR) is 142 cm³/mol. The first-order chi connectivity index (χ1) is 17.0. The van der Waals surface area contributed by atoms with E-state index in [1.165, 1.54) is 16.7 Å². The van der Waals surface area contributed by atoms with Crippen molar-refractivity contribution in [2.45, 2.75) is 90.6 Å². The van der Waals surface area contributed by atoms with Crippen molar-refractivity contribution >= 4 is 6.09 Å². The van der Waals surface area contributed by atoms with Gasteiger partial charge in [0.2, 0.25) is 0 Å². The van der Waals surface area contributed by atoms with E-state index in [1.807, 2.05) is 40.7 Å². The molecule has 1 N–H and O–H groups in total. The minimum Gasteiger partial charge on any atom is -0.493 e. The van der Waals surface area contributed by atoms with Crippen LogP contribution in [-0.2, 0) is 33.5 Å². The second-order valence-corrected chi connectivity index (χ2v) is 11.1. The van der Waals surface area contributed by atoms with Crippen LogP contribution in [0.1, 0.15) is 71.1 Å². The molecular weight excluding hydrogens is 454 g/mol. The number of amides is 1. The smallest absolute Gasteiger partial charge is 0.408 e. The van der Waals surface area contributed by atoms with Crippen molar-refractivity contribution in [3.63, 3.8) is 0 Å². The number of hydrogen-bond acceptors (Lipinski definition) is 5. The fourth-order valence-electron chi connectivity index (χ4n) is 4.20. The summed E-state index contributed by atoms with van der Waals surface area (Å²) < 4.78 is 23.5. The van der Waals surface area contributed by atoms with Gasteiger partial charge in [0.1, 0.15) is 11.4 Å². The Bertz CT molecular complexity index is 971. The Balaban J connectivity index is 1.60. The molecule has 2 aromatic carbocycles. The van der Waals surface area contributed by atoms with Crippen molar-refractivity contribution in [2.75, 3.05) is 19.8 Å². The molecule has 0 aliphatic carbocycles. The number of carbonyl (C=O) groups excluding carboxylic acids is 1. The summed E-state index contributed by atoms with van der Waals surface area (Å²) in [6.45, 7) is 12.9. The van der Waals surface area contributed by atoms with E-state index in [9.17, 15) is 4.79 Å². The fraction of sp³-hybridized carbons (Fsp3) is 0.567. The topological polar surface area (TPSA) is 66.0 Å². The molecule has 1 amide bonds. The molecule has 6 heteroatoms. The van der Waals surface area contributed by atoms with Crippen LogP contribution in [-0.4, -0.2) is 42.8 Å². The van der Waals surface area contributed by atoms with Crippen LogP contribution >= 0.6 is 0 Å². The molecule has 1 saturated heterocycles. The van der Waals surface area contributed by atoms with Crippen molar-refractivity contribution < 1.29 is 23.7 Å². The SMILES string of the molecule is CCc1cc(CCC2(NC(=O)OC(C)(C)C)COC(C)(C)OC2)ccc1OCCCc1ccccc1. The van der Waals surface area contributed by atoms with Crippen LogP contribution in [0, 0.1) is 0 Å². The number of aryl methyl sites for hydroxylation is 3. The maximum atomic E-state index is 12.6. The molecule has 36 heavy (non-hydrogen) atoms. The highest BCUT2D eigenvalue weighted by Gasteiger charge is 2.42. The lowest BCUT2D eigenvalue weighted by Gasteiger charge is -2.44. The Morgan fingerprint density at radius 3 is 2.33 bits per heavy atom. The molecule has 2 aromatic rings. The molecule has 1 fully saturated rings. The van der Waals surface area contributed by atoms with Crippen molar-refractivity contribution in [3.8, 4) is 5.75 Å². The van der Waals surface area contributed by atoms with Gasteiger partial charge in [-0.15, -0.1) is 0 Å². The summed E-state index contributed by atoms with van der Waals surface area (Å²) in [5, 5.41) is 3.05. The van der Waals surface area contributed by atoms with Crippen molar-refractivity contribution in [3.05, 3.63) is 65.2 Å². The van der Waals surface area contributed by atoms with Crippen LogP contribution in [0.4, 0.5) is 4.79 Å². The third-order valence-corrected chi connectivity index (χ3v) is 6.27. The molecule has 198 valence electrons. The van der Waals surface area contributed by atoms with Crippen molar-refractivity contribution in [1.29, 1.82) is 0 Å². The number of hydrogen-bond donors (Lipinski definition) is 1. The van der Waals surface area contributed by atoms with Gasteiger partial charge in [-0.2, -0.15) is 0 Å². The molecule has 0 radical (unpaired) electrons. The lowest BCUT2D eigenvalue weighted by molar-refractivity contribution is -0.271. The summed E-state index contributed by atoms with van der Waals surface area (Å²) in [4.78, 5) is 12.6. The van der Waals surface area contributed by atoms with Gasteiger partial charge >= 0.3 is 6.09 Å². The lowest BCUT2D eigenvalue weighted by Crippen LogP contribution is -2.61. The minimum atomic E-state index is -0.673. The molecule has 0 atom stereocenters. The summed E-state index contributed by atoms with van der Waals surface area (Å²) >= 11 is 0. The van der Waals surface area contributed by atoms with Gasteiger partial charge in [-0.05, 0) is 89.5 Å². The van der Waals surface area contributed by atoms with Gasteiger partial charge in [0.05, 0.1) is 25.4 Å². The average molecular weight is 498 g/mol. The van der Waals surface area contributed by atoms with E-state index in [2.05, 4.69) is 54.7 Å². The van der Waals surface area contributed by atoms with E-state index in [0.717, 1.165) is 31.4 Å². The first-order valence-electron chi connectivity index (χ1n) is 13.1. The van der Waals surface area contributed by atoms with Crippen molar-refractivity contribution in [1.82, 2.24) is 5.32 Å². The van der Waals surface area contributed by atoms with E-state index >= 15 is 0 Å². The highest BCUT2D eigenvalue weighted by atomic mass is 16.7. The van der Waals surface area contributed by atoms with Crippen LogP contribution in [0.3, 0.4) is 0 Å².